The minimum absolute atomic E-state index is 0.157. The van der Waals surface area contributed by atoms with Gasteiger partial charge >= 0.3 is 0 Å². The highest BCUT2D eigenvalue weighted by atomic mass is 16.5. The first kappa shape index (κ1) is 23.7. The molecule has 38 heavy (non-hydrogen) atoms. The van der Waals surface area contributed by atoms with E-state index >= 15 is 0 Å². The molecule has 0 radical (unpaired) electrons. The van der Waals surface area contributed by atoms with Crippen LogP contribution in [0.5, 0.6) is 23.0 Å². The number of hydrogen-bond acceptors (Lipinski definition) is 4. The quantitative estimate of drug-likeness (QED) is 0.265. The minimum atomic E-state index is -0.211. The molecule has 0 saturated heterocycles. The van der Waals surface area contributed by atoms with Crippen molar-refractivity contribution < 1.29 is 9.47 Å². The lowest BCUT2D eigenvalue weighted by Crippen LogP contribution is -2.17. The van der Waals surface area contributed by atoms with Gasteiger partial charge in [-0.1, -0.05) is 60.7 Å². The molecule has 0 aliphatic carbocycles. The normalized spacial score (nSPS) is 11.9. The fraction of sp³-hybridized carbons (Fsp3) is 0. The third-order valence-corrected chi connectivity index (χ3v) is 5.92. The topological polar surface area (TPSA) is 74.8 Å². The van der Waals surface area contributed by atoms with Crippen LogP contribution in [0.2, 0.25) is 0 Å². The second kappa shape index (κ2) is 10.3. The van der Waals surface area contributed by atoms with Gasteiger partial charge in [0.2, 0.25) is 0 Å². The summed E-state index contributed by atoms with van der Waals surface area (Å²) in [6, 6.07) is 33.4. The van der Waals surface area contributed by atoms with Crippen molar-refractivity contribution >= 4 is 32.9 Å². The number of nitriles is 2. The molecule has 5 aromatic rings. The van der Waals surface area contributed by atoms with Gasteiger partial charge in [0.1, 0.15) is 23.0 Å². The van der Waals surface area contributed by atoms with Crippen LogP contribution in [0.25, 0.3) is 42.6 Å². The predicted octanol–water partition coefficient (Wildman–Crippen LogP) is 6.68. The maximum Gasteiger partial charge on any atom is 0.272 e. The lowest BCUT2D eigenvalue weighted by Gasteiger charge is -2.13. The molecule has 0 aliphatic rings. The largest absolute Gasteiger partial charge is 0.458 e. The smallest absolute Gasteiger partial charge is 0.272 e. The summed E-state index contributed by atoms with van der Waals surface area (Å²) in [6.07, 6.45) is 0. The van der Waals surface area contributed by atoms with Crippen LogP contribution in [0.3, 0.4) is 0 Å². The van der Waals surface area contributed by atoms with E-state index in [1.807, 2.05) is 84.9 Å². The van der Waals surface area contributed by atoms with Crippen LogP contribution in [-0.2, 0) is 0 Å². The van der Waals surface area contributed by atoms with Crippen LogP contribution in [-0.4, -0.2) is 0 Å². The molecule has 5 rings (SSSR count). The molecule has 0 unspecified atom stereocenters. The SMILES string of the molecule is [C-]#[N+]/C(C#N)=c1/cc(Oc2ccc3ccccc3c2)/c(=C(\C#N)[N+]#[C-])cc1Oc1ccc2ccccc2c1. The fourth-order valence-corrected chi connectivity index (χ4v) is 4.11. The molecule has 0 N–H and O–H groups in total. The second-order valence-corrected chi connectivity index (χ2v) is 8.21. The predicted molar refractivity (Wildman–Crippen MR) is 145 cm³/mol. The fourth-order valence-electron chi connectivity index (χ4n) is 4.11. The van der Waals surface area contributed by atoms with Crippen molar-refractivity contribution in [2.24, 2.45) is 0 Å². The summed E-state index contributed by atoms with van der Waals surface area (Å²) in [4.78, 5) is 6.74. The first-order chi connectivity index (χ1) is 18.6. The summed E-state index contributed by atoms with van der Waals surface area (Å²) < 4.78 is 12.3. The number of fused-ring (bicyclic) bond motifs is 2. The maximum absolute atomic E-state index is 9.68. The van der Waals surface area contributed by atoms with Gasteiger partial charge in [-0.15, -0.1) is 0 Å². The van der Waals surface area contributed by atoms with Crippen LogP contribution < -0.4 is 19.9 Å². The van der Waals surface area contributed by atoms with E-state index < -0.39 is 0 Å². The molecule has 0 bridgehead atoms. The molecule has 0 spiro atoms. The first-order valence-corrected chi connectivity index (χ1v) is 11.4. The molecule has 0 atom stereocenters. The van der Waals surface area contributed by atoms with Gasteiger partial charge in [0.05, 0.1) is 25.3 Å². The number of rotatable bonds is 4. The van der Waals surface area contributed by atoms with E-state index in [1.54, 1.807) is 12.1 Å². The summed E-state index contributed by atoms with van der Waals surface area (Å²) in [5.74, 6) is 1.26. The molecule has 6 nitrogen and oxygen atoms in total. The summed E-state index contributed by atoms with van der Waals surface area (Å²) in [5, 5.41) is 23.7. The van der Waals surface area contributed by atoms with Gasteiger partial charge in [-0.3, -0.25) is 0 Å². The van der Waals surface area contributed by atoms with Crippen molar-refractivity contribution in [3.8, 4) is 35.1 Å². The van der Waals surface area contributed by atoms with Gasteiger partial charge < -0.3 is 9.47 Å². The summed E-state index contributed by atoms with van der Waals surface area (Å²) >= 11 is 0. The molecular formula is C32H16N4O2. The highest BCUT2D eigenvalue weighted by molar-refractivity contribution is 5.84. The molecule has 0 saturated carbocycles. The number of hydrogen-bond donors (Lipinski definition) is 0. The zero-order valence-corrected chi connectivity index (χ0v) is 19.8. The highest BCUT2D eigenvalue weighted by Crippen LogP contribution is 2.27. The Bertz CT molecular complexity index is 1850. The Kier molecular flexibility index (Phi) is 6.39. The van der Waals surface area contributed by atoms with E-state index in [0.717, 1.165) is 21.5 Å². The summed E-state index contributed by atoms with van der Waals surface area (Å²) in [7, 11) is 0. The van der Waals surface area contributed by atoms with Crippen molar-refractivity contribution in [1.82, 2.24) is 0 Å². The minimum Gasteiger partial charge on any atom is -0.458 e. The number of ether oxygens (including phenoxy) is 2. The highest BCUT2D eigenvalue weighted by Gasteiger charge is 2.13. The lowest BCUT2D eigenvalue weighted by atomic mass is 10.1. The van der Waals surface area contributed by atoms with Crippen LogP contribution in [0, 0.1) is 35.8 Å². The first-order valence-electron chi connectivity index (χ1n) is 11.4. The molecule has 0 aliphatic heterocycles. The average Bonchev–Trinajstić information content (AvgIpc) is 2.96. The van der Waals surface area contributed by atoms with Gasteiger partial charge in [-0.2, -0.15) is 0 Å². The van der Waals surface area contributed by atoms with Gasteiger partial charge in [0.15, 0.2) is 0 Å². The van der Waals surface area contributed by atoms with Gasteiger partial charge in [-0.05, 0) is 57.9 Å². The molecule has 0 amide bonds. The van der Waals surface area contributed by atoms with E-state index in [2.05, 4.69) is 9.69 Å². The van der Waals surface area contributed by atoms with Crippen LogP contribution in [0.4, 0.5) is 0 Å². The standard InChI is InChI=1S/C32H16N4O2/c1-35-29(19-33)27-17-32(38-26-14-12-22-8-4-6-10-24(22)16-26)28(30(20-34)36-2)18-31(27)37-25-13-11-21-7-3-5-9-23(21)15-25/h3-18H/b29-27-,30-28+. The van der Waals surface area contributed by atoms with E-state index in [0.29, 0.717) is 11.5 Å². The van der Waals surface area contributed by atoms with Crippen molar-refractivity contribution in [3.63, 3.8) is 0 Å². The van der Waals surface area contributed by atoms with Crippen molar-refractivity contribution in [2.45, 2.75) is 0 Å². The van der Waals surface area contributed by atoms with Gasteiger partial charge in [0.25, 0.3) is 11.4 Å². The second-order valence-electron chi connectivity index (χ2n) is 8.21. The molecular weight excluding hydrogens is 472 g/mol. The Morgan fingerprint density at radius 1 is 0.553 bits per heavy atom. The Labute approximate surface area is 218 Å². The average molecular weight is 489 g/mol. The van der Waals surface area contributed by atoms with E-state index in [-0.39, 0.29) is 33.3 Å². The van der Waals surface area contributed by atoms with E-state index in [4.69, 9.17) is 22.6 Å². The Hall–Kier alpha value is -6.08. The Balaban J connectivity index is 1.72. The van der Waals surface area contributed by atoms with Crippen molar-refractivity contribution in [1.29, 1.82) is 10.5 Å². The molecule has 5 aromatic carbocycles. The molecule has 0 heterocycles. The maximum atomic E-state index is 9.68. The molecule has 0 aromatic heterocycles. The molecule has 176 valence electrons. The Morgan fingerprint density at radius 3 is 1.32 bits per heavy atom. The van der Waals surface area contributed by atoms with E-state index in [9.17, 15) is 10.5 Å². The van der Waals surface area contributed by atoms with Gasteiger partial charge in [0, 0.05) is 10.4 Å². The summed E-state index contributed by atoms with van der Waals surface area (Å²) in [5.41, 5.74) is -0.422. The van der Waals surface area contributed by atoms with Crippen molar-refractivity contribution in [2.75, 3.05) is 0 Å². The van der Waals surface area contributed by atoms with E-state index in [1.165, 1.54) is 12.1 Å². The number of nitrogens with zero attached hydrogens (tertiary/aromatic N) is 4. The van der Waals surface area contributed by atoms with Crippen LogP contribution in [0.1, 0.15) is 0 Å². The third-order valence-electron chi connectivity index (χ3n) is 5.92. The molecule has 0 fully saturated rings. The molecule has 6 heteroatoms. The van der Waals surface area contributed by atoms with Crippen molar-refractivity contribution in [3.05, 3.63) is 130 Å². The number of benzene rings is 5. The summed E-state index contributed by atoms with van der Waals surface area (Å²) in [6.45, 7) is 15.1. The van der Waals surface area contributed by atoms with Crippen LogP contribution >= 0.6 is 0 Å². The van der Waals surface area contributed by atoms with Crippen LogP contribution in [0.15, 0.2) is 97.1 Å². The van der Waals surface area contributed by atoms with Gasteiger partial charge in [-0.25, -0.2) is 20.2 Å². The Morgan fingerprint density at radius 2 is 0.947 bits per heavy atom. The zero-order valence-electron chi connectivity index (χ0n) is 19.8. The third kappa shape index (κ3) is 4.58. The monoisotopic (exact) mass is 488 g/mol. The lowest BCUT2D eigenvalue weighted by molar-refractivity contribution is 0.463. The zero-order chi connectivity index (χ0) is 26.5.